The van der Waals surface area contributed by atoms with Crippen molar-refractivity contribution in [2.75, 3.05) is 5.32 Å². The van der Waals surface area contributed by atoms with E-state index in [4.69, 9.17) is 5.11 Å². The van der Waals surface area contributed by atoms with Crippen LogP contribution in [0.4, 0.5) is 5.82 Å². The summed E-state index contributed by atoms with van der Waals surface area (Å²) in [6.07, 6.45) is 2.31. The molecular formula is C12H17N3O2. The Balaban J connectivity index is 2.00. The van der Waals surface area contributed by atoms with Crippen molar-refractivity contribution in [3.8, 4) is 0 Å². The maximum absolute atomic E-state index is 10.9. The van der Waals surface area contributed by atoms with Gasteiger partial charge in [0.05, 0.1) is 5.92 Å². The summed E-state index contributed by atoms with van der Waals surface area (Å²) < 4.78 is 0. The summed E-state index contributed by atoms with van der Waals surface area (Å²) in [5.74, 6) is 0.632. The Bertz CT molecular complexity index is 414. The fourth-order valence-electron chi connectivity index (χ4n) is 2.34. The van der Waals surface area contributed by atoms with Gasteiger partial charge in [-0.2, -0.15) is 0 Å². The summed E-state index contributed by atoms with van der Waals surface area (Å²) in [7, 11) is 0. The van der Waals surface area contributed by atoms with E-state index in [1.165, 1.54) is 0 Å². The standard InChI is InChI=1S/C12H17N3O2/c1-7-5-11(14-8(2)13-7)15-10-4-3-9(6-10)12(16)17/h5,9-10H,3-4,6H2,1-2H3,(H,16,17)(H,13,14,15). The van der Waals surface area contributed by atoms with Gasteiger partial charge in [0.25, 0.3) is 0 Å². The number of aromatic nitrogens is 2. The van der Waals surface area contributed by atoms with Crippen LogP contribution in [0.25, 0.3) is 0 Å². The first-order valence-electron chi connectivity index (χ1n) is 5.86. The zero-order valence-corrected chi connectivity index (χ0v) is 10.1. The minimum Gasteiger partial charge on any atom is -0.481 e. The molecule has 1 aromatic heterocycles. The van der Waals surface area contributed by atoms with Crippen molar-refractivity contribution >= 4 is 11.8 Å². The largest absolute Gasteiger partial charge is 0.481 e. The van der Waals surface area contributed by atoms with Crippen molar-refractivity contribution < 1.29 is 9.90 Å². The number of aryl methyl sites for hydroxylation is 2. The van der Waals surface area contributed by atoms with Crippen LogP contribution in [0.5, 0.6) is 0 Å². The molecule has 1 aromatic rings. The maximum atomic E-state index is 10.9. The summed E-state index contributed by atoms with van der Waals surface area (Å²) in [5.41, 5.74) is 0.924. The van der Waals surface area contributed by atoms with Gasteiger partial charge in [0.1, 0.15) is 11.6 Å². The average Bonchev–Trinajstić information content (AvgIpc) is 2.64. The number of carbonyl (C=O) groups is 1. The van der Waals surface area contributed by atoms with E-state index < -0.39 is 5.97 Å². The number of hydrogen-bond donors (Lipinski definition) is 2. The highest BCUT2D eigenvalue weighted by Crippen LogP contribution is 2.27. The van der Waals surface area contributed by atoms with Gasteiger partial charge in [-0.3, -0.25) is 4.79 Å². The third kappa shape index (κ3) is 2.93. The molecule has 5 heteroatoms. The van der Waals surface area contributed by atoms with Crippen LogP contribution in [-0.2, 0) is 4.79 Å². The minimum atomic E-state index is -0.690. The lowest BCUT2D eigenvalue weighted by molar-refractivity contribution is -0.141. The Morgan fingerprint density at radius 1 is 1.41 bits per heavy atom. The molecule has 0 bridgehead atoms. The Morgan fingerprint density at radius 3 is 2.76 bits per heavy atom. The van der Waals surface area contributed by atoms with Gasteiger partial charge in [0, 0.05) is 17.8 Å². The molecule has 5 nitrogen and oxygen atoms in total. The van der Waals surface area contributed by atoms with Crippen molar-refractivity contribution in [1.82, 2.24) is 9.97 Å². The van der Waals surface area contributed by atoms with Crippen LogP contribution < -0.4 is 5.32 Å². The zero-order valence-electron chi connectivity index (χ0n) is 10.1. The molecule has 0 spiro atoms. The van der Waals surface area contributed by atoms with E-state index in [1.807, 2.05) is 19.9 Å². The zero-order chi connectivity index (χ0) is 12.4. The molecule has 0 radical (unpaired) electrons. The first kappa shape index (κ1) is 11.8. The van der Waals surface area contributed by atoms with Gasteiger partial charge in [0.2, 0.25) is 0 Å². The quantitative estimate of drug-likeness (QED) is 0.835. The molecule has 2 N–H and O–H groups in total. The van der Waals surface area contributed by atoms with E-state index in [2.05, 4.69) is 15.3 Å². The molecule has 1 saturated carbocycles. The van der Waals surface area contributed by atoms with Gasteiger partial charge in [-0.1, -0.05) is 0 Å². The number of carboxylic acids is 1. The molecule has 0 aliphatic heterocycles. The average molecular weight is 235 g/mol. The molecule has 17 heavy (non-hydrogen) atoms. The van der Waals surface area contributed by atoms with Crippen molar-refractivity contribution in [3.05, 3.63) is 17.6 Å². The van der Waals surface area contributed by atoms with Gasteiger partial charge in [-0.15, -0.1) is 0 Å². The highest BCUT2D eigenvalue weighted by Gasteiger charge is 2.29. The second-order valence-corrected chi connectivity index (χ2v) is 4.63. The molecule has 92 valence electrons. The molecule has 0 aromatic carbocycles. The van der Waals surface area contributed by atoms with Gasteiger partial charge in [0.15, 0.2) is 0 Å². The molecule has 2 rings (SSSR count). The third-order valence-corrected chi connectivity index (χ3v) is 3.10. The molecular weight excluding hydrogens is 218 g/mol. The van der Waals surface area contributed by atoms with E-state index in [0.717, 1.165) is 30.2 Å². The normalized spacial score (nSPS) is 23.6. The number of nitrogens with zero attached hydrogens (tertiary/aromatic N) is 2. The monoisotopic (exact) mass is 235 g/mol. The second-order valence-electron chi connectivity index (χ2n) is 4.63. The van der Waals surface area contributed by atoms with Crippen LogP contribution in [-0.4, -0.2) is 27.1 Å². The Morgan fingerprint density at radius 2 is 2.18 bits per heavy atom. The van der Waals surface area contributed by atoms with Crippen LogP contribution in [0, 0.1) is 19.8 Å². The highest BCUT2D eigenvalue weighted by atomic mass is 16.4. The van der Waals surface area contributed by atoms with Gasteiger partial charge >= 0.3 is 5.97 Å². The topological polar surface area (TPSA) is 75.1 Å². The number of rotatable bonds is 3. The lowest BCUT2D eigenvalue weighted by Gasteiger charge is -2.13. The highest BCUT2D eigenvalue weighted by molar-refractivity contribution is 5.70. The Hall–Kier alpha value is -1.65. The van der Waals surface area contributed by atoms with E-state index in [0.29, 0.717) is 6.42 Å². The van der Waals surface area contributed by atoms with Crippen LogP contribution in [0.1, 0.15) is 30.8 Å². The van der Waals surface area contributed by atoms with Crippen molar-refractivity contribution in [3.63, 3.8) is 0 Å². The third-order valence-electron chi connectivity index (χ3n) is 3.10. The van der Waals surface area contributed by atoms with Crippen molar-refractivity contribution in [1.29, 1.82) is 0 Å². The number of nitrogens with one attached hydrogen (secondary N) is 1. The van der Waals surface area contributed by atoms with E-state index in [9.17, 15) is 4.79 Å². The minimum absolute atomic E-state index is 0.212. The van der Waals surface area contributed by atoms with Gasteiger partial charge in [-0.05, 0) is 33.1 Å². The first-order valence-corrected chi connectivity index (χ1v) is 5.86. The summed E-state index contributed by atoms with van der Waals surface area (Å²) >= 11 is 0. The van der Waals surface area contributed by atoms with Gasteiger partial charge < -0.3 is 10.4 Å². The molecule has 0 amide bonds. The molecule has 1 aliphatic rings. The number of aliphatic carboxylic acids is 1. The SMILES string of the molecule is Cc1cc(NC2CCC(C(=O)O)C2)nc(C)n1. The molecule has 0 saturated heterocycles. The summed E-state index contributed by atoms with van der Waals surface area (Å²) in [4.78, 5) is 19.4. The van der Waals surface area contributed by atoms with E-state index in [1.54, 1.807) is 0 Å². The van der Waals surface area contributed by atoms with Crippen LogP contribution in [0.2, 0.25) is 0 Å². The molecule has 2 unspecified atom stereocenters. The lowest BCUT2D eigenvalue weighted by Crippen LogP contribution is -2.19. The molecule has 2 atom stereocenters. The summed E-state index contributed by atoms with van der Waals surface area (Å²) in [6, 6.07) is 2.10. The fraction of sp³-hybridized carbons (Fsp3) is 0.583. The predicted octanol–water partition coefficient (Wildman–Crippen LogP) is 1.76. The smallest absolute Gasteiger partial charge is 0.306 e. The van der Waals surface area contributed by atoms with E-state index in [-0.39, 0.29) is 12.0 Å². The molecule has 1 heterocycles. The molecule has 1 aliphatic carbocycles. The van der Waals surface area contributed by atoms with Crippen molar-refractivity contribution in [2.45, 2.75) is 39.2 Å². The number of hydrogen-bond acceptors (Lipinski definition) is 4. The van der Waals surface area contributed by atoms with Crippen LogP contribution >= 0.6 is 0 Å². The Labute approximate surface area is 100 Å². The summed E-state index contributed by atoms with van der Waals surface area (Å²) in [5, 5.41) is 12.2. The first-order chi connectivity index (χ1) is 8.04. The predicted molar refractivity (Wildman–Crippen MR) is 63.9 cm³/mol. The van der Waals surface area contributed by atoms with Crippen LogP contribution in [0.15, 0.2) is 6.07 Å². The van der Waals surface area contributed by atoms with E-state index >= 15 is 0 Å². The van der Waals surface area contributed by atoms with Crippen LogP contribution in [0.3, 0.4) is 0 Å². The summed E-state index contributed by atoms with van der Waals surface area (Å²) in [6.45, 7) is 3.78. The maximum Gasteiger partial charge on any atom is 0.306 e. The van der Waals surface area contributed by atoms with Crippen molar-refractivity contribution in [2.24, 2.45) is 5.92 Å². The lowest BCUT2D eigenvalue weighted by atomic mass is 10.1. The fourth-order valence-corrected chi connectivity index (χ4v) is 2.34. The second kappa shape index (κ2) is 4.69. The Kier molecular flexibility index (Phi) is 3.26. The molecule has 1 fully saturated rings. The number of carboxylic acid groups (broad SMARTS) is 1. The number of anilines is 1. The van der Waals surface area contributed by atoms with Gasteiger partial charge in [-0.25, -0.2) is 9.97 Å².